The average molecular weight is 700 g/mol. The van der Waals surface area contributed by atoms with Crippen molar-refractivity contribution in [3.63, 3.8) is 0 Å². The molecule has 0 N–H and O–H groups in total. The summed E-state index contributed by atoms with van der Waals surface area (Å²) in [7, 11) is 6.20. The molecule has 0 fully saturated rings. The largest absolute Gasteiger partial charge is 0.461 e. The zero-order valence-electron chi connectivity index (χ0n) is 32.6. The Balaban J connectivity index is 0. The number of carbonyl (C=O) groups is 2. The standard InChI is InChI=1S/C42H80NO4.ClH/c1-6-8-10-12-14-16-18-20-22-24-26-28-30-32-34-36-41(44)46-39-40(38-43(3,4)5)47-42(45)37-35-33-31-29-27-25-23-21-19-17-15-13-11-9-7-2;/h20-23,40H,6-19,24-39H2,1-5H3;1H/q+1;. The van der Waals surface area contributed by atoms with Gasteiger partial charge in [0.2, 0.25) is 0 Å². The highest BCUT2D eigenvalue weighted by atomic mass is 35.5. The predicted molar refractivity (Wildman–Crippen MR) is 210 cm³/mol. The van der Waals surface area contributed by atoms with Gasteiger partial charge in [-0.25, -0.2) is 0 Å². The third-order valence-electron chi connectivity index (χ3n) is 8.77. The van der Waals surface area contributed by atoms with Crippen LogP contribution in [-0.2, 0) is 19.1 Å². The molecular weight excluding hydrogens is 618 g/mol. The van der Waals surface area contributed by atoms with E-state index in [1.54, 1.807) is 0 Å². The van der Waals surface area contributed by atoms with Gasteiger partial charge in [0.1, 0.15) is 13.2 Å². The maximum atomic E-state index is 12.6. The highest BCUT2D eigenvalue weighted by Gasteiger charge is 2.23. The minimum absolute atomic E-state index is 0. The minimum Gasteiger partial charge on any atom is -0.461 e. The molecule has 1 atom stereocenters. The molecule has 0 aliphatic carbocycles. The molecule has 0 amide bonds. The first-order chi connectivity index (χ1) is 22.8. The molecule has 0 aromatic rings. The summed E-state index contributed by atoms with van der Waals surface area (Å²) < 4.78 is 12.0. The van der Waals surface area contributed by atoms with Crippen molar-refractivity contribution in [2.24, 2.45) is 0 Å². The van der Waals surface area contributed by atoms with E-state index < -0.39 is 6.10 Å². The van der Waals surface area contributed by atoms with Crippen LogP contribution in [-0.4, -0.2) is 56.8 Å². The van der Waals surface area contributed by atoms with Gasteiger partial charge in [-0.3, -0.25) is 9.59 Å². The number of quaternary nitrogens is 1. The fraction of sp³-hybridized carbons (Fsp3) is 0.857. The van der Waals surface area contributed by atoms with E-state index in [0.29, 0.717) is 23.9 Å². The normalized spacial score (nSPS) is 12.4. The third kappa shape index (κ3) is 39.1. The summed E-state index contributed by atoms with van der Waals surface area (Å²) in [4.78, 5) is 24.9. The van der Waals surface area contributed by atoms with E-state index in [-0.39, 0.29) is 31.0 Å². The minimum atomic E-state index is -0.399. The number of hydrogen-bond donors (Lipinski definition) is 0. The second kappa shape index (κ2) is 36.9. The number of esters is 2. The molecule has 0 bridgehead atoms. The Bertz CT molecular complexity index is 761. The van der Waals surface area contributed by atoms with Crippen molar-refractivity contribution in [2.45, 2.75) is 200 Å². The van der Waals surface area contributed by atoms with E-state index in [9.17, 15) is 9.59 Å². The Morgan fingerprint density at radius 1 is 0.500 bits per heavy atom. The number of ether oxygens (including phenoxy) is 2. The highest BCUT2D eigenvalue weighted by Crippen LogP contribution is 2.13. The van der Waals surface area contributed by atoms with Crippen LogP contribution in [0.4, 0.5) is 0 Å². The fourth-order valence-corrected chi connectivity index (χ4v) is 5.92. The van der Waals surface area contributed by atoms with Gasteiger partial charge in [0.15, 0.2) is 6.10 Å². The van der Waals surface area contributed by atoms with Gasteiger partial charge in [-0.2, -0.15) is 0 Å². The molecular formula is C42H81ClNO4+. The van der Waals surface area contributed by atoms with Crippen LogP contribution in [0.5, 0.6) is 0 Å². The first kappa shape index (κ1) is 48.8. The van der Waals surface area contributed by atoms with Crippen LogP contribution in [0.1, 0.15) is 194 Å². The molecule has 0 rings (SSSR count). The molecule has 0 aliphatic heterocycles. The van der Waals surface area contributed by atoms with E-state index in [0.717, 1.165) is 38.5 Å². The molecule has 0 aromatic carbocycles. The number of halogens is 1. The molecule has 1 unspecified atom stereocenters. The van der Waals surface area contributed by atoms with Gasteiger partial charge in [0.05, 0.1) is 21.1 Å². The average Bonchev–Trinajstić information content (AvgIpc) is 3.03. The number of hydrogen-bond acceptors (Lipinski definition) is 4. The monoisotopic (exact) mass is 699 g/mol. The van der Waals surface area contributed by atoms with Crippen molar-refractivity contribution in [2.75, 3.05) is 34.3 Å². The summed E-state index contributed by atoms with van der Waals surface area (Å²) in [5.41, 5.74) is 0. The Morgan fingerprint density at radius 3 is 1.21 bits per heavy atom. The summed E-state index contributed by atoms with van der Waals surface area (Å²) >= 11 is 0. The number of carbonyl (C=O) groups excluding carboxylic acids is 2. The molecule has 0 aliphatic rings. The lowest BCUT2D eigenvalue weighted by Crippen LogP contribution is -2.45. The molecule has 5 nitrogen and oxygen atoms in total. The predicted octanol–water partition coefficient (Wildman–Crippen LogP) is 12.6. The number of likely N-dealkylation sites (N-methyl/N-ethyl adjacent to an activating group) is 1. The van der Waals surface area contributed by atoms with Gasteiger partial charge in [-0.05, 0) is 64.2 Å². The van der Waals surface area contributed by atoms with Crippen LogP contribution < -0.4 is 0 Å². The number of nitrogens with zero attached hydrogens (tertiary/aromatic N) is 1. The maximum Gasteiger partial charge on any atom is 0.306 e. The summed E-state index contributed by atoms with van der Waals surface area (Å²) in [5, 5.41) is 0. The molecule has 48 heavy (non-hydrogen) atoms. The molecule has 0 spiro atoms. The van der Waals surface area contributed by atoms with Crippen LogP contribution >= 0.6 is 12.4 Å². The summed E-state index contributed by atoms with van der Waals surface area (Å²) in [6, 6.07) is 0. The van der Waals surface area contributed by atoms with Crippen molar-refractivity contribution in [1.29, 1.82) is 0 Å². The molecule has 0 saturated carbocycles. The van der Waals surface area contributed by atoms with E-state index in [1.807, 2.05) is 0 Å². The van der Waals surface area contributed by atoms with E-state index >= 15 is 0 Å². The van der Waals surface area contributed by atoms with Crippen molar-refractivity contribution in [1.82, 2.24) is 0 Å². The molecule has 0 heterocycles. The zero-order chi connectivity index (χ0) is 34.7. The molecule has 0 saturated heterocycles. The zero-order valence-corrected chi connectivity index (χ0v) is 33.4. The first-order valence-electron chi connectivity index (χ1n) is 20.2. The third-order valence-corrected chi connectivity index (χ3v) is 8.77. The van der Waals surface area contributed by atoms with Crippen molar-refractivity contribution in [3.8, 4) is 0 Å². The van der Waals surface area contributed by atoms with Gasteiger partial charge >= 0.3 is 11.9 Å². The van der Waals surface area contributed by atoms with Crippen molar-refractivity contribution >= 4 is 24.3 Å². The summed E-state index contributed by atoms with van der Waals surface area (Å²) in [6.45, 7) is 5.31. The number of rotatable bonds is 35. The second-order valence-corrected chi connectivity index (χ2v) is 14.9. The van der Waals surface area contributed by atoms with E-state index in [4.69, 9.17) is 9.47 Å². The number of allylic oxidation sites excluding steroid dienone is 4. The first-order valence-corrected chi connectivity index (χ1v) is 20.2. The van der Waals surface area contributed by atoms with E-state index in [1.165, 1.54) is 128 Å². The summed E-state index contributed by atoms with van der Waals surface area (Å²) in [6.07, 6.45) is 42.1. The van der Waals surface area contributed by atoms with Gasteiger partial charge in [-0.1, -0.05) is 141 Å². The molecule has 284 valence electrons. The molecule has 6 heteroatoms. The van der Waals surface area contributed by atoms with Crippen LogP contribution in [0.3, 0.4) is 0 Å². The molecule has 0 aromatic heterocycles. The Morgan fingerprint density at radius 2 is 0.833 bits per heavy atom. The Labute approximate surface area is 305 Å². The quantitative estimate of drug-likeness (QED) is 0.0286. The maximum absolute atomic E-state index is 12.6. The molecule has 0 radical (unpaired) electrons. The van der Waals surface area contributed by atoms with Gasteiger partial charge in [0, 0.05) is 12.8 Å². The van der Waals surface area contributed by atoms with Crippen LogP contribution in [0.2, 0.25) is 0 Å². The van der Waals surface area contributed by atoms with Crippen LogP contribution in [0.15, 0.2) is 24.3 Å². The van der Waals surface area contributed by atoms with Crippen LogP contribution in [0.25, 0.3) is 0 Å². The van der Waals surface area contributed by atoms with Crippen molar-refractivity contribution in [3.05, 3.63) is 24.3 Å². The van der Waals surface area contributed by atoms with Gasteiger partial charge in [0.25, 0.3) is 0 Å². The van der Waals surface area contributed by atoms with Crippen molar-refractivity contribution < 1.29 is 23.5 Å². The lowest BCUT2D eigenvalue weighted by molar-refractivity contribution is -0.873. The van der Waals surface area contributed by atoms with E-state index in [2.05, 4.69) is 59.3 Å². The SMILES string of the molecule is CCCCCCCCC=CCCCCCCCC(=O)OCC(C[N+](C)(C)C)OC(=O)CCCCCCCC=CCCCCCCCC.Cl. The topological polar surface area (TPSA) is 52.6 Å². The highest BCUT2D eigenvalue weighted by molar-refractivity contribution is 5.85. The fourth-order valence-electron chi connectivity index (χ4n) is 5.92. The Hall–Kier alpha value is -1.33. The Kier molecular flexibility index (Phi) is 37.5. The second-order valence-electron chi connectivity index (χ2n) is 14.9. The van der Waals surface area contributed by atoms with Gasteiger partial charge in [-0.15, -0.1) is 12.4 Å². The smallest absolute Gasteiger partial charge is 0.306 e. The lowest BCUT2D eigenvalue weighted by atomic mass is 10.1. The summed E-state index contributed by atoms with van der Waals surface area (Å²) in [5.74, 6) is -0.350. The van der Waals surface area contributed by atoms with Crippen LogP contribution in [0, 0.1) is 0 Å². The number of unbranched alkanes of at least 4 members (excludes halogenated alkanes) is 22. The van der Waals surface area contributed by atoms with Gasteiger partial charge < -0.3 is 14.0 Å². The lowest BCUT2D eigenvalue weighted by Gasteiger charge is -2.28.